The van der Waals surface area contributed by atoms with E-state index in [1.807, 2.05) is 11.4 Å². The number of aromatic nitrogens is 2. The number of amides is 1. The van der Waals surface area contributed by atoms with E-state index in [4.69, 9.17) is 9.47 Å². The van der Waals surface area contributed by atoms with Gasteiger partial charge in [-0.1, -0.05) is 11.8 Å². The maximum atomic E-state index is 12.6. The van der Waals surface area contributed by atoms with Crippen LogP contribution < -0.4 is 10.9 Å². The minimum absolute atomic E-state index is 0.0840. The number of fused-ring (bicyclic) bond motifs is 1. The van der Waals surface area contributed by atoms with E-state index in [0.717, 1.165) is 19.4 Å². The Labute approximate surface area is 153 Å². The normalized spacial score (nSPS) is 17.2. The van der Waals surface area contributed by atoms with Gasteiger partial charge in [-0.15, -0.1) is 11.3 Å². The molecule has 1 saturated heterocycles. The lowest BCUT2D eigenvalue weighted by atomic mass is 10.2. The van der Waals surface area contributed by atoms with Crippen LogP contribution in [0.5, 0.6) is 0 Å². The summed E-state index contributed by atoms with van der Waals surface area (Å²) in [6.07, 6.45) is 2.15. The zero-order valence-electron chi connectivity index (χ0n) is 14.0. The number of hydrogen-bond acceptors (Lipinski definition) is 7. The Hall–Kier alpha value is -1.42. The Bertz CT molecular complexity index is 783. The van der Waals surface area contributed by atoms with Crippen molar-refractivity contribution in [2.45, 2.75) is 30.6 Å². The quantitative estimate of drug-likeness (QED) is 0.549. The molecule has 25 heavy (non-hydrogen) atoms. The Morgan fingerprint density at radius 2 is 2.48 bits per heavy atom. The molecule has 1 N–H and O–H groups in total. The number of rotatable bonds is 8. The fraction of sp³-hybridized carbons (Fsp3) is 0.562. The number of ether oxygens (including phenoxy) is 2. The van der Waals surface area contributed by atoms with Gasteiger partial charge in [0.2, 0.25) is 5.91 Å². The van der Waals surface area contributed by atoms with Gasteiger partial charge in [0.05, 0.1) is 30.5 Å². The van der Waals surface area contributed by atoms with E-state index in [1.54, 1.807) is 11.7 Å². The van der Waals surface area contributed by atoms with Gasteiger partial charge in [0.15, 0.2) is 5.16 Å². The Kier molecular flexibility index (Phi) is 6.46. The van der Waals surface area contributed by atoms with Crippen LogP contribution in [-0.2, 0) is 20.8 Å². The summed E-state index contributed by atoms with van der Waals surface area (Å²) in [6.45, 7) is 2.13. The summed E-state index contributed by atoms with van der Waals surface area (Å²) in [6, 6.07) is 1.82. The van der Waals surface area contributed by atoms with Gasteiger partial charge in [-0.05, 0) is 24.3 Å². The van der Waals surface area contributed by atoms with E-state index in [-0.39, 0.29) is 23.3 Å². The van der Waals surface area contributed by atoms with Crippen molar-refractivity contribution in [1.82, 2.24) is 14.9 Å². The molecule has 2 aromatic heterocycles. The number of thioether (sulfide) groups is 1. The third-order valence-electron chi connectivity index (χ3n) is 3.93. The van der Waals surface area contributed by atoms with Gasteiger partial charge in [0.1, 0.15) is 4.70 Å². The smallest absolute Gasteiger partial charge is 0.272 e. The van der Waals surface area contributed by atoms with Gasteiger partial charge in [0.25, 0.3) is 5.56 Å². The van der Waals surface area contributed by atoms with E-state index in [1.165, 1.54) is 23.1 Å². The van der Waals surface area contributed by atoms with Crippen molar-refractivity contribution in [2.75, 3.05) is 32.6 Å². The monoisotopic (exact) mass is 383 g/mol. The van der Waals surface area contributed by atoms with Crippen LogP contribution >= 0.6 is 23.1 Å². The molecule has 3 heterocycles. The molecule has 9 heteroatoms. The van der Waals surface area contributed by atoms with Gasteiger partial charge in [-0.25, -0.2) is 4.98 Å². The second kappa shape index (κ2) is 8.79. The van der Waals surface area contributed by atoms with Crippen LogP contribution in [0.3, 0.4) is 0 Å². The molecule has 7 nitrogen and oxygen atoms in total. The number of methoxy groups -OCH3 is 1. The second-order valence-corrected chi connectivity index (χ2v) is 7.57. The van der Waals surface area contributed by atoms with Crippen molar-refractivity contribution < 1.29 is 14.3 Å². The van der Waals surface area contributed by atoms with Crippen LogP contribution in [-0.4, -0.2) is 54.2 Å². The summed E-state index contributed by atoms with van der Waals surface area (Å²) >= 11 is 2.65. The van der Waals surface area contributed by atoms with Crippen LogP contribution in [0.25, 0.3) is 10.2 Å². The molecule has 136 valence electrons. The van der Waals surface area contributed by atoms with E-state index >= 15 is 0 Å². The molecule has 3 rings (SSSR count). The average Bonchev–Trinajstić information content (AvgIpc) is 3.29. The first kappa shape index (κ1) is 18.4. The van der Waals surface area contributed by atoms with Gasteiger partial charge in [-0.3, -0.25) is 14.2 Å². The fourth-order valence-corrected chi connectivity index (χ4v) is 4.26. The fourth-order valence-electron chi connectivity index (χ4n) is 2.63. The third kappa shape index (κ3) is 4.60. The predicted molar refractivity (Wildman–Crippen MR) is 98.5 cm³/mol. The molecule has 1 aliphatic rings. The molecule has 1 atom stereocenters. The molecule has 0 aromatic carbocycles. The number of carbonyl (C=O) groups excluding carboxylic acids is 1. The topological polar surface area (TPSA) is 82.4 Å². The number of nitrogens with one attached hydrogen (secondary N) is 1. The van der Waals surface area contributed by atoms with Crippen molar-refractivity contribution in [3.8, 4) is 0 Å². The Morgan fingerprint density at radius 1 is 1.60 bits per heavy atom. The lowest BCUT2D eigenvalue weighted by Gasteiger charge is -2.13. The third-order valence-corrected chi connectivity index (χ3v) is 5.80. The number of thiophene rings is 1. The van der Waals surface area contributed by atoms with Gasteiger partial charge >= 0.3 is 0 Å². The molecular weight excluding hydrogens is 362 g/mol. The molecule has 1 unspecified atom stereocenters. The highest BCUT2D eigenvalue weighted by Crippen LogP contribution is 2.20. The number of carbonyl (C=O) groups is 1. The molecule has 0 aliphatic carbocycles. The number of hydrogen-bond donors (Lipinski definition) is 1. The molecule has 0 saturated carbocycles. The molecule has 2 aromatic rings. The summed E-state index contributed by atoms with van der Waals surface area (Å²) in [5, 5.41) is 5.27. The zero-order chi connectivity index (χ0) is 17.6. The number of nitrogens with zero attached hydrogens (tertiary/aromatic N) is 2. The lowest BCUT2D eigenvalue weighted by Crippen LogP contribution is -2.33. The van der Waals surface area contributed by atoms with Gasteiger partial charge in [-0.2, -0.15) is 0 Å². The first-order valence-electron chi connectivity index (χ1n) is 8.17. The molecule has 0 bridgehead atoms. The summed E-state index contributed by atoms with van der Waals surface area (Å²) in [7, 11) is 1.59. The average molecular weight is 383 g/mol. The first-order valence-corrected chi connectivity index (χ1v) is 10.0. The maximum Gasteiger partial charge on any atom is 0.272 e. The maximum absolute atomic E-state index is 12.6. The zero-order valence-corrected chi connectivity index (χ0v) is 15.7. The summed E-state index contributed by atoms with van der Waals surface area (Å²) in [5.74, 6) is 0.125. The summed E-state index contributed by atoms with van der Waals surface area (Å²) in [5.41, 5.74) is 0.588. The molecule has 0 radical (unpaired) electrons. The van der Waals surface area contributed by atoms with Gasteiger partial charge < -0.3 is 14.8 Å². The van der Waals surface area contributed by atoms with Crippen LogP contribution in [0.2, 0.25) is 0 Å². The minimum atomic E-state index is -0.0848. The van der Waals surface area contributed by atoms with E-state index in [0.29, 0.717) is 35.1 Å². The molecular formula is C16H21N3O4S2. The van der Waals surface area contributed by atoms with Crippen molar-refractivity contribution in [2.24, 2.45) is 0 Å². The highest BCUT2D eigenvalue weighted by atomic mass is 32.2. The Morgan fingerprint density at radius 3 is 3.24 bits per heavy atom. The largest absolute Gasteiger partial charge is 0.383 e. The van der Waals surface area contributed by atoms with E-state index in [2.05, 4.69) is 10.3 Å². The molecule has 1 fully saturated rings. The summed E-state index contributed by atoms with van der Waals surface area (Å²) < 4.78 is 12.8. The van der Waals surface area contributed by atoms with E-state index in [9.17, 15) is 9.59 Å². The second-order valence-electron chi connectivity index (χ2n) is 5.71. The van der Waals surface area contributed by atoms with Crippen molar-refractivity contribution in [3.63, 3.8) is 0 Å². The molecule has 0 spiro atoms. The van der Waals surface area contributed by atoms with Crippen molar-refractivity contribution >= 4 is 39.2 Å². The van der Waals surface area contributed by atoms with Crippen molar-refractivity contribution in [1.29, 1.82) is 0 Å². The Balaban J connectivity index is 1.66. The first-order chi connectivity index (χ1) is 12.2. The van der Waals surface area contributed by atoms with E-state index < -0.39 is 0 Å². The van der Waals surface area contributed by atoms with Crippen LogP contribution in [0.4, 0.5) is 0 Å². The van der Waals surface area contributed by atoms with Gasteiger partial charge in [0, 0.05) is 20.3 Å². The van der Waals surface area contributed by atoms with Crippen LogP contribution in [0.1, 0.15) is 12.8 Å². The highest BCUT2D eigenvalue weighted by molar-refractivity contribution is 7.99. The SMILES string of the molecule is COCCn1c(SCC(=O)NCC2CCCO2)nc2ccsc2c1=O. The summed E-state index contributed by atoms with van der Waals surface area (Å²) in [4.78, 5) is 29.2. The standard InChI is InChI=1S/C16H21N3O4S2/c1-22-7-5-19-15(21)14-12(4-8-24-14)18-16(19)25-10-13(20)17-9-11-3-2-6-23-11/h4,8,11H,2-3,5-7,9-10H2,1H3,(H,17,20). The highest BCUT2D eigenvalue weighted by Gasteiger charge is 2.17. The minimum Gasteiger partial charge on any atom is -0.383 e. The molecule has 1 aliphatic heterocycles. The van der Waals surface area contributed by atoms with Crippen LogP contribution in [0, 0.1) is 0 Å². The van der Waals surface area contributed by atoms with Crippen LogP contribution in [0.15, 0.2) is 21.4 Å². The molecule has 1 amide bonds. The van der Waals surface area contributed by atoms with Crippen molar-refractivity contribution in [3.05, 3.63) is 21.8 Å². The predicted octanol–water partition coefficient (Wildman–Crippen LogP) is 1.49. The lowest BCUT2D eigenvalue weighted by molar-refractivity contribution is -0.119.